The van der Waals surface area contributed by atoms with E-state index in [1.54, 1.807) is 0 Å². The van der Waals surface area contributed by atoms with Crippen LogP contribution in [0.4, 0.5) is 0 Å². The highest BCUT2D eigenvalue weighted by atomic mass is 16.4. The van der Waals surface area contributed by atoms with Crippen LogP contribution in [0, 0.1) is 28.1 Å². The highest BCUT2D eigenvalue weighted by Gasteiger charge is 2.48. The Labute approximate surface area is 135 Å². The Hall–Kier alpha value is -1.06. The lowest BCUT2D eigenvalue weighted by atomic mass is 9.59. The lowest BCUT2D eigenvalue weighted by molar-refractivity contribution is -0.161. The summed E-state index contributed by atoms with van der Waals surface area (Å²) in [6.45, 7) is 16.0. The van der Waals surface area contributed by atoms with Crippen LogP contribution in [0.1, 0.15) is 74.7 Å². The fourth-order valence-electron chi connectivity index (χ4n) is 2.92. The van der Waals surface area contributed by atoms with E-state index < -0.39 is 29.2 Å². The lowest BCUT2D eigenvalue weighted by Crippen LogP contribution is -2.44. The van der Waals surface area contributed by atoms with E-state index in [1.807, 2.05) is 34.6 Å². The summed E-state index contributed by atoms with van der Waals surface area (Å²) in [5.41, 5.74) is -0.871. The molecular weight excluding hydrogens is 280 g/mol. The molecule has 0 aliphatic rings. The first-order valence-electron chi connectivity index (χ1n) is 8.19. The third-order valence-corrected chi connectivity index (χ3v) is 6.18. The third-order valence-electron chi connectivity index (χ3n) is 6.18. The minimum atomic E-state index is -1.01. The molecule has 0 bridgehead atoms. The molecule has 0 spiro atoms. The molecule has 0 aromatic rings. The zero-order chi connectivity index (χ0) is 17.9. The van der Waals surface area contributed by atoms with Gasteiger partial charge in [0.25, 0.3) is 0 Å². The van der Waals surface area contributed by atoms with Gasteiger partial charge in [0.2, 0.25) is 0 Å². The fraction of sp³-hybridized carbons (Fsp3) is 0.889. The summed E-state index contributed by atoms with van der Waals surface area (Å²) in [4.78, 5) is 23.6. The zero-order valence-electron chi connectivity index (χ0n) is 15.5. The topological polar surface area (TPSA) is 74.6 Å². The Bertz CT molecular complexity index is 407. The average Bonchev–Trinajstić information content (AvgIpc) is 2.36. The number of hydrogen-bond donors (Lipinski definition) is 2. The first-order chi connectivity index (χ1) is 9.73. The largest absolute Gasteiger partial charge is 0.481 e. The standard InChI is InChI=1S/C18H34O4/c1-9-16(3,4)13(15(21)22)12(14(19)20)11-18(7,8)17(5,6)10-2/h12-13H,9-11H2,1-8H3,(H,19,20)(H,21,22). The van der Waals surface area contributed by atoms with Gasteiger partial charge in [0.05, 0.1) is 11.8 Å². The fourth-order valence-corrected chi connectivity index (χ4v) is 2.92. The van der Waals surface area contributed by atoms with Crippen molar-refractivity contribution in [2.45, 2.75) is 74.7 Å². The number of carboxylic acid groups (broad SMARTS) is 2. The Morgan fingerprint density at radius 2 is 1.27 bits per heavy atom. The van der Waals surface area contributed by atoms with Gasteiger partial charge in [-0.2, -0.15) is 0 Å². The van der Waals surface area contributed by atoms with Gasteiger partial charge in [-0.15, -0.1) is 0 Å². The Kier molecular flexibility index (Phi) is 6.67. The zero-order valence-corrected chi connectivity index (χ0v) is 15.5. The molecule has 0 rings (SSSR count). The van der Waals surface area contributed by atoms with Crippen molar-refractivity contribution in [2.75, 3.05) is 0 Å². The summed E-state index contributed by atoms with van der Waals surface area (Å²) in [6, 6.07) is 0. The van der Waals surface area contributed by atoms with Gasteiger partial charge >= 0.3 is 11.9 Å². The van der Waals surface area contributed by atoms with E-state index in [0.717, 1.165) is 6.42 Å². The van der Waals surface area contributed by atoms with Crippen molar-refractivity contribution < 1.29 is 19.8 Å². The lowest BCUT2D eigenvalue weighted by Gasteiger charge is -2.45. The Morgan fingerprint density at radius 3 is 1.55 bits per heavy atom. The van der Waals surface area contributed by atoms with Crippen molar-refractivity contribution in [3.63, 3.8) is 0 Å². The molecule has 0 aliphatic heterocycles. The van der Waals surface area contributed by atoms with Crippen LogP contribution >= 0.6 is 0 Å². The van der Waals surface area contributed by atoms with E-state index in [4.69, 9.17) is 0 Å². The normalized spacial score (nSPS) is 16.2. The van der Waals surface area contributed by atoms with Gasteiger partial charge in [0, 0.05) is 0 Å². The molecule has 2 unspecified atom stereocenters. The molecule has 0 radical (unpaired) electrons. The van der Waals surface area contributed by atoms with Gasteiger partial charge in [0.1, 0.15) is 0 Å². The van der Waals surface area contributed by atoms with E-state index in [-0.39, 0.29) is 10.8 Å². The van der Waals surface area contributed by atoms with Crippen molar-refractivity contribution in [3.05, 3.63) is 0 Å². The summed E-state index contributed by atoms with van der Waals surface area (Å²) in [5, 5.41) is 19.3. The van der Waals surface area contributed by atoms with Crippen LogP contribution in [0.2, 0.25) is 0 Å². The van der Waals surface area contributed by atoms with Crippen LogP contribution in [0.3, 0.4) is 0 Å². The molecule has 0 fully saturated rings. The van der Waals surface area contributed by atoms with Crippen molar-refractivity contribution in [2.24, 2.45) is 28.1 Å². The molecule has 2 N–H and O–H groups in total. The molecule has 0 saturated carbocycles. The average molecular weight is 314 g/mol. The maximum atomic E-state index is 11.8. The maximum Gasteiger partial charge on any atom is 0.307 e. The predicted octanol–water partition coefficient (Wildman–Crippen LogP) is 4.68. The number of carboxylic acids is 2. The van der Waals surface area contributed by atoms with Gasteiger partial charge < -0.3 is 10.2 Å². The molecule has 0 saturated heterocycles. The molecule has 0 aliphatic carbocycles. The summed E-state index contributed by atoms with van der Waals surface area (Å²) >= 11 is 0. The van der Waals surface area contributed by atoms with Gasteiger partial charge in [-0.05, 0) is 22.7 Å². The molecule has 0 aromatic heterocycles. The van der Waals surface area contributed by atoms with Crippen molar-refractivity contribution in [1.29, 1.82) is 0 Å². The first kappa shape index (κ1) is 20.9. The van der Waals surface area contributed by atoms with Crippen molar-refractivity contribution in [3.8, 4) is 0 Å². The number of hydrogen-bond acceptors (Lipinski definition) is 2. The number of aliphatic carboxylic acids is 2. The van der Waals surface area contributed by atoms with E-state index in [2.05, 4.69) is 20.8 Å². The van der Waals surface area contributed by atoms with Crippen LogP contribution in [0.25, 0.3) is 0 Å². The monoisotopic (exact) mass is 314 g/mol. The van der Waals surface area contributed by atoms with E-state index in [9.17, 15) is 19.8 Å². The first-order valence-corrected chi connectivity index (χ1v) is 8.19. The minimum Gasteiger partial charge on any atom is -0.481 e. The van der Waals surface area contributed by atoms with Crippen LogP contribution in [-0.2, 0) is 9.59 Å². The summed E-state index contributed by atoms with van der Waals surface area (Å²) < 4.78 is 0. The Balaban J connectivity index is 5.74. The highest BCUT2D eigenvalue weighted by molar-refractivity contribution is 5.80. The van der Waals surface area contributed by atoms with Crippen LogP contribution in [0.15, 0.2) is 0 Å². The van der Waals surface area contributed by atoms with Gasteiger partial charge in [-0.25, -0.2) is 0 Å². The predicted molar refractivity (Wildman–Crippen MR) is 88.8 cm³/mol. The van der Waals surface area contributed by atoms with Gasteiger partial charge in [-0.1, -0.05) is 68.2 Å². The summed E-state index contributed by atoms with van der Waals surface area (Å²) in [5.74, 6) is -3.78. The van der Waals surface area contributed by atoms with Gasteiger partial charge in [0.15, 0.2) is 0 Å². The van der Waals surface area contributed by atoms with Crippen LogP contribution in [0.5, 0.6) is 0 Å². The summed E-state index contributed by atoms with van der Waals surface area (Å²) in [7, 11) is 0. The SMILES string of the molecule is CCC(C)(C)C(C(=O)O)C(CC(C)(C)C(C)(C)CC)C(=O)O. The summed E-state index contributed by atoms with van der Waals surface area (Å²) in [6.07, 6.45) is 1.91. The van der Waals surface area contributed by atoms with E-state index in [0.29, 0.717) is 12.8 Å². The second-order valence-electron chi connectivity index (χ2n) is 8.43. The van der Waals surface area contributed by atoms with Gasteiger partial charge in [-0.3, -0.25) is 9.59 Å². The maximum absolute atomic E-state index is 11.8. The molecule has 4 nitrogen and oxygen atoms in total. The third kappa shape index (κ3) is 4.47. The quantitative estimate of drug-likeness (QED) is 0.648. The molecule has 0 amide bonds. The molecule has 2 atom stereocenters. The van der Waals surface area contributed by atoms with Crippen molar-refractivity contribution >= 4 is 11.9 Å². The highest BCUT2D eigenvalue weighted by Crippen LogP contribution is 2.49. The smallest absolute Gasteiger partial charge is 0.307 e. The van der Waals surface area contributed by atoms with Crippen LogP contribution < -0.4 is 0 Å². The van der Waals surface area contributed by atoms with Crippen molar-refractivity contribution in [1.82, 2.24) is 0 Å². The number of rotatable bonds is 9. The molecule has 22 heavy (non-hydrogen) atoms. The minimum absolute atomic E-state index is 0.0554. The molecule has 130 valence electrons. The molecular formula is C18H34O4. The number of carbonyl (C=O) groups is 2. The second kappa shape index (κ2) is 7.01. The second-order valence-corrected chi connectivity index (χ2v) is 8.43. The molecule has 0 aromatic carbocycles. The van der Waals surface area contributed by atoms with Crippen LogP contribution in [-0.4, -0.2) is 22.2 Å². The molecule has 4 heteroatoms. The molecule has 0 heterocycles. The Morgan fingerprint density at radius 1 is 0.818 bits per heavy atom. The van der Waals surface area contributed by atoms with E-state index >= 15 is 0 Å². The van der Waals surface area contributed by atoms with E-state index in [1.165, 1.54) is 0 Å².